The predicted molar refractivity (Wildman–Crippen MR) is 131 cm³/mol. The zero-order valence-corrected chi connectivity index (χ0v) is 21.2. The highest BCUT2D eigenvalue weighted by Crippen LogP contribution is 2.41. The van der Waals surface area contributed by atoms with E-state index < -0.39 is 13.9 Å². The quantitative estimate of drug-likeness (QED) is 0.448. The SMILES string of the molecule is Cc1nc2ccc(C#CC3(O)CC(CO[Si](C)(C)C(C)(C)C)C3)cc2n1-c1ncnc(N)n1. The Hall–Kier alpha value is -2.80. The van der Waals surface area contributed by atoms with Crippen molar-refractivity contribution in [2.45, 2.75) is 64.3 Å². The Morgan fingerprint density at radius 2 is 1.97 bits per heavy atom. The molecule has 1 fully saturated rings. The van der Waals surface area contributed by atoms with Crippen LogP contribution in [0.1, 0.15) is 45.0 Å². The number of benzene rings is 1. The summed E-state index contributed by atoms with van der Waals surface area (Å²) in [6.45, 7) is 13.8. The number of nitrogens with zero attached hydrogens (tertiary/aromatic N) is 5. The second-order valence-electron chi connectivity index (χ2n) is 10.5. The Morgan fingerprint density at radius 1 is 1.24 bits per heavy atom. The van der Waals surface area contributed by atoms with Crippen LogP contribution in [0.5, 0.6) is 0 Å². The normalized spacial score (nSPS) is 20.9. The molecule has 1 saturated carbocycles. The number of rotatable bonds is 4. The second-order valence-corrected chi connectivity index (χ2v) is 15.3. The van der Waals surface area contributed by atoms with Crippen LogP contribution in [0.2, 0.25) is 18.1 Å². The highest BCUT2D eigenvalue weighted by molar-refractivity contribution is 6.74. The Bertz CT molecular complexity index is 1250. The number of imidazole rings is 1. The summed E-state index contributed by atoms with van der Waals surface area (Å²) >= 11 is 0. The van der Waals surface area contributed by atoms with Crippen LogP contribution in [-0.2, 0) is 4.43 Å². The molecule has 0 amide bonds. The van der Waals surface area contributed by atoms with Gasteiger partial charge in [-0.15, -0.1) is 0 Å². The number of nitrogen functional groups attached to an aromatic ring is 1. The Balaban J connectivity index is 1.49. The molecule has 0 aliphatic heterocycles. The van der Waals surface area contributed by atoms with Crippen molar-refractivity contribution in [3.8, 4) is 17.8 Å². The average molecular weight is 465 g/mol. The summed E-state index contributed by atoms with van der Waals surface area (Å²) in [5, 5.41) is 11.0. The zero-order chi connectivity index (χ0) is 24.0. The molecule has 0 atom stereocenters. The summed E-state index contributed by atoms with van der Waals surface area (Å²) in [5.41, 5.74) is 7.19. The van der Waals surface area contributed by atoms with E-state index in [4.69, 9.17) is 10.2 Å². The molecule has 3 N–H and O–H groups in total. The minimum Gasteiger partial charge on any atom is -0.417 e. The van der Waals surface area contributed by atoms with Crippen molar-refractivity contribution in [1.29, 1.82) is 0 Å². The van der Waals surface area contributed by atoms with E-state index in [1.165, 1.54) is 6.33 Å². The monoisotopic (exact) mass is 464 g/mol. The van der Waals surface area contributed by atoms with E-state index >= 15 is 0 Å². The van der Waals surface area contributed by atoms with Crippen LogP contribution >= 0.6 is 0 Å². The fourth-order valence-electron chi connectivity index (χ4n) is 3.78. The van der Waals surface area contributed by atoms with Crippen LogP contribution in [0, 0.1) is 24.7 Å². The number of anilines is 1. The van der Waals surface area contributed by atoms with Crippen LogP contribution in [0.3, 0.4) is 0 Å². The first-order valence-electron chi connectivity index (χ1n) is 11.2. The van der Waals surface area contributed by atoms with Crippen molar-refractivity contribution in [3.63, 3.8) is 0 Å². The standard InChI is InChI=1S/C24H32N6O2Si/c1-16-28-19-8-7-17(11-20(19)30(16)22-27-15-26-21(25)29-22)9-10-24(31)12-18(13-24)14-32-33(5,6)23(2,3)4/h7-8,11,15,18,31H,12-14H2,1-6H3,(H2,25,26,27,29). The first-order chi connectivity index (χ1) is 15.4. The van der Waals surface area contributed by atoms with Crippen molar-refractivity contribution in [1.82, 2.24) is 24.5 Å². The van der Waals surface area contributed by atoms with Crippen molar-refractivity contribution in [3.05, 3.63) is 35.9 Å². The summed E-state index contributed by atoms with van der Waals surface area (Å²) in [5.74, 6) is 7.87. The van der Waals surface area contributed by atoms with Crippen LogP contribution in [0.25, 0.3) is 17.0 Å². The van der Waals surface area contributed by atoms with E-state index in [1.54, 1.807) is 0 Å². The first-order valence-corrected chi connectivity index (χ1v) is 14.1. The largest absolute Gasteiger partial charge is 0.417 e. The van der Waals surface area contributed by atoms with Gasteiger partial charge in [0.25, 0.3) is 0 Å². The van der Waals surface area contributed by atoms with Gasteiger partial charge in [-0.1, -0.05) is 32.6 Å². The summed E-state index contributed by atoms with van der Waals surface area (Å²) in [6, 6.07) is 5.75. The number of nitrogens with two attached hydrogens (primary N) is 1. The maximum absolute atomic E-state index is 10.8. The van der Waals surface area contributed by atoms with Gasteiger partial charge in [-0.25, -0.2) is 15.0 Å². The number of aromatic nitrogens is 5. The van der Waals surface area contributed by atoms with Gasteiger partial charge in [-0.3, -0.25) is 4.57 Å². The van der Waals surface area contributed by atoms with Crippen molar-refractivity contribution >= 4 is 25.3 Å². The minimum atomic E-state index is -1.78. The molecule has 0 spiro atoms. The van der Waals surface area contributed by atoms with Crippen LogP contribution < -0.4 is 5.73 Å². The molecule has 2 heterocycles. The molecule has 0 bridgehead atoms. The molecule has 174 valence electrons. The molecule has 8 nitrogen and oxygen atoms in total. The van der Waals surface area contributed by atoms with Gasteiger partial charge in [-0.2, -0.15) is 4.98 Å². The number of hydrogen-bond acceptors (Lipinski definition) is 7. The van der Waals surface area contributed by atoms with Gasteiger partial charge in [0.1, 0.15) is 17.8 Å². The molecular formula is C24H32N6O2Si. The topological polar surface area (TPSA) is 112 Å². The van der Waals surface area contributed by atoms with Crippen molar-refractivity contribution in [2.75, 3.05) is 12.3 Å². The van der Waals surface area contributed by atoms with E-state index in [0.717, 1.165) is 22.4 Å². The molecule has 1 aromatic carbocycles. The fraction of sp³-hybridized carbons (Fsp3) is 0.500. The molecule has 0 saturated heterocycles. The molecule has 3 aromatic rings. The Kier molecular flexibility index (Phi) is 5.81. The molecule has 0 radical (unpaired) electrons. The van der Waals surface area contributed by atoms with Crippen LogP contribution in [0.15, 0.2) is 24.5 Å². The third-order valence-electron chi connectivity index (χ3n) is 6.78. The highest BCUT2D eigenvalue weighted by Gasteiger charge is 2.44. The highest BCUT2D eigenvalue weighted by atomic mass is 28.4. The predicted octanol–water partition coefficient (Wildman–Crippen LogP) is 3.62. The number of fused-ring (bicyclic) bond motifs is 1. The smallest absolute Gasteiger partial charge is 0.240 e. The molecule has 1 aliphatic carbocycles. The summed E-state index contributed by atoms with van der Waals surface area (Å²) in [6.07, 6.45) is 2.65. The summed E-state index contributed by atoms with van der Waals surface area (Å²) < 4.78 is 8.14. The van der Waals surface area contributed by atoms with Gasteiger partial charge in [0, 0.05) is 12.2 Å². The summed E-state index contributed by atoms with van der Waals surface area (Å²) in [4.78, 5) is 16.9. The van der Waals surface area contributed by atoms with Crippen molar-refractivity contribution in [2.24, 2.45) is 5.92 Å². The third-order valence-corrected chi connectivity index (χ3v) is 11.3. The van der Waals surface area contributed by atoms with E-state index in [9.17, 15) is 5.11 Å². The Labute approximate surface area is 195 Å². The average Bonchev–Trinajstić information content (AvgIpc) is 3.03. The summed E-state index contributed by atoms with van der Waals surface area (Å²) in [7, 11) is -1.78. The second kappa shape index (κ2) is 8.20. The van der Waals surface area contributed by atoms with Crippen LogP contribution in [-0.4, -0.2) is 50.1 Å². The van der Waals surface area contributed by atoms with Gasteiger partial charge in [0.05, 0.1) is 11.0 Å². The lowest BCUT2D eigenvalue weighted by molar-refractivity contribution is -0.0389. The molecule has 33 heavy (non-hydrogen) atoms. The third kappa shape index (κ3) is 4.78. The molecule has 2 aromatic heterocycles. The van der Waals surface area contributed by atoms with Gasteiger partial charge in [0.2, 0.25) is 11.9 Å². The molecule has 0 unspecified atom stereocenters. The number of hydrogen-bond donors (Lipinski definition) is 2. The van der Waals surface area contributed by atoms with E-state index in [1.807, 2.05) is 29.7 Å². The fourth-order valence-corrected chi connectivity index (χ4v) is 4.87. The number of aryl methyl sites for hydroxylation is 1. The van der Waals surface area contributed by atoms with Crippen LogP contribution in [0.4, 0.5) is 5.95 Å². The molecular weight excluding hydrogens is 432 g/mol. The number of aliphatic hydroxyl groups is 1. The van der Waals surface area contributed by atoms with Gasteiger partial charge >= 0.3 is 0 Å². The molecule has 1 aliphatic rings. The lowest BCUT2D eigenvalue weighted by atomic mass is 9.72. The molecule has 9 heteroatoms. The van der Waals surface area contributed by atoms with Gasteiger partial charge in [-0.05, 0) is 62.0 Å². The van der Waals surface area contributed by atoms with Gasteiger partial charge in [0.15, 0.2) is 8.32 Å². The lowest BCUT2D eigenvalue weighted by Crippen LogP contribution is -2.48. The van der Waals surface area contributed by atoms with E-state index in [0.29, 0.717) is 31.3 Å². The lowest BCUT2D eigenvalue weighted by Gasteiger charge is -2.43. The maximum atomic E-state index is 10.8. The van der Waals surface area contributed by atoms with E-state index in [-0.39, 0.29) is 11.0 Å². The minimum absolute atomic E-state index is 0.150. The van der Waals surface area contributed by atoms with Crippen molar-refractivity contribution < 1.29 is 9.53 Å². The molecule has 4 rings (SSSR count). The Morgan fingerprint density at radius 3 is 2.64 bits per heavy atom. The van der Waals surface area contributed by atoms with E-state index in [2.05, 4.69) is 65.6 Å². The van der Waals surface area contributed by atoms with Gasteiger partial charge < -0.3 is 15.3 Å². The zero-order valence-electron chi connectivity index (χ0n) is 20.2. The maximum Gasteiger partial charge on any atom is 0.240 e. The first kappa shape index (κ1) is 23.4.